The largest absolute Gasteiger partial charge is 0.485 e. The third-order valence-electron chi connectivity index (χ3n) is 6.62. The lowest BCUT2D eigenvalue weighted by molar-refractivity contribution is -0.0417. The van der Waals surface area contributed by atoms with Gasteiger partial charge in [0.25, 0.3) is 0 Å². The molecule has 1 unspecified atom stereocenters. The van der Waals surface area contributed by atoms with E-state index in [0.717, 1.165) is 63.2 Å². The maximum absolute atomic E-state index is 6.73. The van der Waals surface area contributed by atoms with Crippen LogP contribution in [0, 0.1) is 0 Å². The minimum absolute atomic E-state index is 0.00748. The number of hydrogen-bond donors (Lipinski definition) is 1. The monoisotopic (exact) mass is 501 g/mol. The summed E-state index contributed by atoms with van der Waals surface area (Å²) in [6, 6.07) is 10.2. The number of piperidine rings is 1. The van der Waals surface area contributed by atoms with Crippen molar-refractivity contribution in [2.24, 2.45) is 7.05 Å². The molecule has 2 atom stereocenters. The third-order valence-corrected chi connectivity index (χ3v) is 7.41. The second-order valence-electron chi connectivity index (χ2n) is 9.13. The summed E-state index contributed by atoms with van der Waals surface area (Å²) in [7, 11) is 5.77. The number of aryl methyl sites for hydroxylation is 1. The van der Waals surface area contributed by atoms with Gasteiger partial charge in [0, 0.05) is 44.7 Å². The Morgan fingerprint density at radius 3 is 2.78 bits per heavy atom. The number of nitrogens with one attached hydrogen (secondary N) is 1. The van der Waals surface area contributed by atoms with Gasteiger partial charge < -0.3 is 19.7 Å². The first-order chi connectivity index (χ1) is 17.6. The number of rotatable bonds is 6. The molecule has 1 aliphatic rings. The Hall–Kier alpha value is -3.60. The van der Waals surface area contributed by atoms with Crippen molar-refractivity contribution in [3.8, 4) is 16.9 Å². The second kappa shape index (κ2) is 9.45. The van der Waals surface area contributed by atoms with Crippen molar-refractivity contribution in [2.75, 3.05) is 32.6 Å². The first kappa shape index (κ1) is 22.8. The van der Waals surface area contributed by atoms with Crippen LogP contribution in [-0.2, 0) is 11.8 Å². The number of methoxy groups -OCH3 is 1. The van der Waals surface area contributed by atoms with E-state index in [9.17, 15) is 0 Å². The highest BCUT2D eigenvalue weighted by atomic mass is 32.1. The van der Waals surface area contributed by atoms with Crippen molar-refractivity contribution in [2.45, 2.75) is 18.6 Å². The molecule has 0 bridgehead atoms. The average molecular weight is 502 g/mol. The minimum Gasteiger partial charge on any atom is -0.485 e. The predicted octanol–water partition coefficient (Wildman–Crippen LogP) is 4.48. The van der Waals surface area contributed by atoms with Gasteiger partial charge in [0.15, 0.2) is 0 Å². The zero-order valence-corrected chi connectivity index (χ0v) is 21.2. The van der Waals surface area contributed by atoms with E-state index in [2.05, 4.69) is 55.5 Å². The summed E-state index contributed by atoms with van der Waals surface area (Å²) in [6.07, 6.45) is 6.22. The number of aromatic nitrogens is 5. The molecule has 1 saturated heterocycles. The minimum atomic E-state index is -0.123. The normalized spacial score (nSPS) is 18.6. The molecule has 1 fully saturated rings. The quantitative estimate of drug-likeness (QED) is 0.364. The van der Waals surface area contributed by atoms with Crippen LogP contribution in [0.4, 0.5) is 11.5 Å². The van der Waals surface area contributed by atoms with E-state index in [1.54, 1.807) is 29.5 Å². The van der Waals surface area contributed by atoms with Crippen molar-refractivity contribution in [3.05, 3.63) is 54.6 Å². The molecule has 4 heterocycles. The van der Waals surface area contributed by atoms with Gasteiger partial charge >= 0.3 is 0 Å². The summed E-state index contributed by atoms with van der Waals surface area (Å²) in [5.41, 5.74) is 6.54. The summed E-state index contributed by atoms with van der Waals surface area (Å²) >= 11 is 1.61. The molecule has 3 aromatic heterocycles. The van der Waals surface area contributed by atoms with Gasteiger partial charge in [0.05, 0.1) is 38.9 Å². The zero-order valence-electron chi connectivity index (χ0n) is 20.4. The molecule has 6 rings (SSSR count). The zero-order chi connectivity index (χ0) is 24.6. The standard InChI is InChI=1S/C26H27N7O2S/c1-32-7-6-21(34-3)23(13-32)35-22-9-16(17-11-30-33(2)12-17)8-20-25(22)26(28-14-27-20)31-18-4-5-19-24(10-18)36-15-29-19/h4-5,8-12,14-15,21,23H,6-7,13H2,1-3H3,(H,27,28,31)/t21?,23-/m0/s1. The Kier molecular flexibility index (Phi) is 6.00. The number of nitrogens with zero attached hydrogens (tertiary/aromatic N) is 6. The topological polar surface area (TPSA) is 90.2 Å². The first-order valence-electron chi connectivity index (χ1n) is 11.8. The molecule has 1 N–H and O–H groups in total. The Labute approximate surface area is 212 Å². The van der Waals surface area contributed by atoms with E-state index in [0.29, 0.717) is 5.82 Å². The summed E-state index contributed by atoms with van der Waals surface area (Å²) in [4.78, 5) is 15.9. The first-order valence-corrected chi connectivity index (χ1v) is 12.7. The number of fused-ring (bicyclic) bond motifs is 2. The fraction of sp³-hybridized carbons (Fsp3) is 0.308. The number of likely N-dealkylation sites (N-methyl/N-ethyl adjacent to an activating group) is 1. The molecule has 10 heteroatoms. The van der Waals surface area contributed by atoms with Crippen molar-refractivity contribution >= 4 is 44.0 Å². The van der Waals surface area contributed by atoms with Crippen LogP contribution >= 0.6 is 11.3 Å². The summed E-state index contributed by atoms with van der Waals surface area (Å²) in [6.45, 7) is 1.75. The fourth-order valence-corrected chi connectivity index (χ4v) is 5.46. The second-order valence-corrected chi connectivity index (χ2v) is 10.0. The Bertz CT molecular complexity index is 1530. The molecule has 1 aliphatic heterocycles. The molecule has 184 valence electrons. The van der Waals surface area contributed by atoms with Crippen LogP contribution in [0.25, 0.3) is 32.2 Å². The van der Waals surface area contributed by atoms with Crippen molar-refractivity contribution < 1.29 is 9.47 Å². The molecule has 9 nitrogen and oxygen atoms in total. The van der Waals surface area contributed by atoms with Gasteiger partial charge in [0.1, 0.15) is 24.0 Å². The van der Waals surface area contributed by atoms with Crippen LogP contribution in [0.5, 0.6) is 5.75 Å². The number of thiazole rings is 1. The van der Waals surface area contributed by atoms with Gasteiger partial charge in [-0.05, 0) is 49.4 Å². The molecule has 2 aromatic carbocycles. The van der Waals surface area contributed by atoms with E-state index in [1.807, 2.05) is 37.1 Å². The van der Waals surface area contributed by atoms with Gasteiger partial charge in [-0.1, -0.05) is 0 Å². The number of anilines is 2. The molecule has 0 aliphatic carbocycles. The predicted molar refractivity (Wildman–Crippen MR) is 142 cm³/mol. The van der Waals surface area contributed by atoms with Crippen molar-refractivity contribution in [1.82, 2.24) is 29.6 Å². The van der Waals surface area contributed by atoms with E-state index >= 15 is 0 Å². The van der Waals surface area contributed by atoms with Crippen LogP contribution in [0.1, 0.15) is 6.42 Å². The van der Waals surface area contributed by atoms with Gasteiger partial charge in [-0.3, -0.25) is 4.68 Å². The van der Waals surface area contributed by atoms with Crippen molar-refractivity contribution in [1.29, 1.82) is 0 Å². The lowest BCUT2D eigenvalue weighted by Gasteiger charge is -2.36. The molecule has 0 radical (unpaired) electrons. The third kappa shape index (κ3) is 4.39. The molecule has 0 saturated carbocycles. The summed E-state index contributed by atoms with van der Waals surface area (Å²) < 4.78 is 15.4. The van der Waals surface area contributed by atoms with Crippen LogP contribution in [0.2, 0.25) is 0 Å². The molecular weight excluding hydrogens is 474 g/mol. The molecule has 5 aromatic rings. The highest BCUT2D eigenvalue weighted by Gasteiger charge is 2.30. The highest BCUT2D eigenvalue weighted by Crippen LogP contribution is 2.38. The summed E-state index contributed by atoms with van der Waals surface area (Å²) in [5.74, 6) is 1.41. The van der Waals surface area contributed by atoms with E-state index in [1.165, 1.54) is 0 Å². The molecule has 36 heavy (non-hydrogen) atoms. The number of benzene rings is 2. The number of ether oxygens (including phenoxy) is 2. The fourth-order valence-electron chi connectivity index (χ4n) is 4.74. The molecule has 0 amide bonds. The van der Waals surface area contributed by atoms with Crippen molar-refractivity contribution in [3.63, 3.8) is 0 Å². The lowest BCUT2D eigenvalue weighted by atomic mass is 10.0. The highest BCUT2D eigenvalue weighted by molar-refractivity contribution is 7.16. The molecular formula is C26H27N7O2S. The van der Waals surface area contributed by atoms with Gasteiger partial charge in [-0.15, -0.1) is 11.3 Å². The Morgan fingerprint density at radius 1 is 1.03 bits per heavy atom. The smallest absolute Gasteiger partial charge is 0.145 e. The number of likely N-dealkylation sites (tertiary alicyclic amines) is 1. The van der Waals surface area contributed by atoms with Gasteiger partial charge in [-0.25, -0.2) is 15.0 Å². The average Bonchev–Trinajstić information content (AvgIpc) is 3.53. The van der Waals surface area contributed by atoms with Crippen LogP contribution in [0.15, 0.2) is 54.6 Å². The maximum atomic E-state index is 6.73. The van der Waals surface area contributed by atoms with Crippen LogP contribution < -0.4 is 10.1 Å². The lowest BCUT2D eigenvalue weighted by Crippen LogP contribution is -2.48. The van der Waals surface area contributed by atoms with Gasteiger partial charge in [0.2, 0.25) is 0 Å². The van der Waals surface area contributed by atoms with Gasteiger partial charge in [-0.2, -0.15) is 5.10 Å². The SMILES string of the molecule is COC1CCN(C)C[C@@H]1Oc1cc(-c2cnn(C)c2)cc2ncnc(Nc3ccc4ncsc4c3)c12. The van der Waals surface area contributed by atoms with Crippen LogP contribution in [0.3, 0.4) is 0 Å². The Balaban J connectivity index is 1.46. The van der Waals surface area contributed by atoms with E-state index < -0.39 is 0 Å². The number of hydrogen-bond acceptors (Lipinski definition) is 9. The summed E-state index contributed by atoms with van der Waals surface area (Å²) in [5, 5.41) is 8.67. The van der Waals surface area contributed by atoms with E-state index in [4.69, 9.17) is 9.47 Å². The van der Waals surface area contributed by atoms with Crippen LogP contribution in [-0.4, -0.2) is 69.1 Å². The molecule has 0 spiro atoms. The van der Waals surface area contributed by atoms with E-state index in [-0.39, 0.29) is 12.2 Å². The maximum Gasteiger partial charge on any atom is 0.145 e. The Morgan fingerprint density at radius 2 is 1.94 bits per heavy atom.